The normalized spacial score (nSPS) is 13.4. The van der Waals surface area contributed by atoms with Crippen LogP contribution in [-0.2, 0) is 10.0 Å². The summed E-state index contributed by atoms with van der Waals surface area (Å²) in [7, 11) is -3.76. The maximum atomic E-state index is 14.1. The fraction of sp³-hybridized carbons (Fsp3) is 0.273. The van der Waals surface area contributed by atoms with Crippen LogP contribution in [0.4, 0.5) is 5.69 Å². The molecule has 5 rings (SSSR count). The minimum atomic E-state index is -3.76. The van der Waals surface area contributed by atoms with Gasteiger partial charge in [-0.2, -0.15) is 4.31 Å². The van der Waals surface area contributed by atoms with Crippen LogP contribution in [0.5, 0.6) is 11.5 Å². The molecule has 0 unspecified atom stereocenters. The summed E-state index contributed by atoms with van der Waals surface area (Å²) in [4.78, 5) is 2.60. The van der Waals surface area contributed by atoms with Crippen molar-refractivity contribution < 1.29 is 13.2 Å². The number of fused-ring (bicyclic) bond motifs is 3. The van der Waals surface area contributed by atoms with E-state index < -0.39 is 10.0 Å². The van der Waals surface area contributed by atoms with Crippen LogP contribution in [0, 0.1) is 0 Å². The first-order valence-electron chi connectivity index (χ1n) is 13.8. The largest absolute Gasteiger partial charge is 0.456 e. The highest BCUT2D eigenvalue weighted by Crippen LogP contribution is 2.42. The van der Waals surface area contributed by atoms with Gasteiger partial charge in [0.15, 0.2) is 0 Å². The van der Waals surface area contributed by atoms with Crippen molar-refractivity contribution in [1.82, 2.24) is 4.31 Å². The number of ether oxygens (including phenoxy) is 1. The number of sulfonamides is 1. The van der Waals surface area contributed by atoms with Gasteiger partial charge >= 0.3 is 0 Å². The second-order valence-corrected chi connectivity index (χ2v) is 11.5. The molecular weight excluding hydrogens is 504 g/mol. The molecule has 0 spiro atoms. The number of nitrogens with zero attached hydrogens (tertiary/aromatic N) is 2. The summed E-state index contributed by atoms with van der Waals surface area (Å²) in [5.41, 5.74) is 3.56. The molecule has 0 fully saturated rings. The van der Waals surface area contributed by atoms with Crippen LogP contribution in [0.15, 0.2) is 77.7 Å². The third-order valence-electron chi connectivity index (χ3n) is 7.66. The van der Waals surface area contributed by atoms with E-state index in [0.717, 1.165) is 68.2 Å². The molecule has 0 atom stereocenters. The predicted molar refractivity (Wildman–Crippen MR) is 162 cm³/mol. The van der Waals surface area contributed by atoms with Crippen molar-refractivity contribution in [2.45, 2.75) is 39.5 Å². The first-order valence-corrected chi connectivity index (χ1v) is 15.2. The Balaban J connectivity index is 1.94. The zero-order valence-corrected chi connectivity index (χ0v) is 24.2. The van der Waals surface area contributed by atoms with Crippen LogP contribution in [0.3, 0.4) is 0 Å². The third kappa shape index (κ3) is 4.62. The van der Waals surface area contributed by atoms with Crippen LogP contribution in [0.2, 0.25) is 0 Å². The first kappa shape index (κ1) is 27.0. The van der Waals surface area contributed by atoms with Gasteiger partial charge in [-0.15, -0.1) is 0 Å². The average molecular weight is 541 g/mol. The smallest absolute Gasteiger partial charge is 0.243 e. The number of benzene rings is 4. The molecule has 0 bridgehead atoms. The molecule has 0 aliphatic carbocycles. The molecule has 4 aromatic carbocycles. The highest BCUT2D eigenvalue weighted by Gasteiger charge is 2.31. The van der Waals surface area contributed by atoms with Crippen molar-refractivity contribution in [2.75, 3.05) is 31.1 Å². The third-order valence-corrected chi connectivity index (χ3v) is 9.75. The van der Waals surface area contributed by atoms with Crippen LogP contribution in [0.1, 0.15) is 45.7 Å². The number of rotatable bonds is 8. The SMILES string of the molecule is C/C=c1/ccc2c(c1)Oc1cc(N(CC)CC)ccc1C=2c1c(S(=O)(=O)N(CC)CC)ccc2ccccc12. The Morgan fingerprint density at radius 2 is 1.54 bits per heavy atom. The van der Waals surface area contributed by atoms with Crippen molar-refractivity contribution in [3.63, 3.8) is 0 Å². The second kappa shape index (κ2) is 10.9. The molecule has 0 saturated heterocycles. The maximum Gasteiger partial charge on any atom is 0.243 e. The van der Waals surface area contributed by atoms with E-state index in [9.17, 15) is 8.42 Å². The quantitative estimate of drug-likeness (QED) is 0.247. The molecule has 1 heterocycles. The summed E-state index contributed by atoms with van der Waals surface area (Å²) in [6.07, 6.45) is 2.04. The Labute approximate surface area is 231 Å². The van der Waals surface area contributed by atoms with E-state index in [1.54, 1.807) is 6.07 Å². The summed E-state index contributed by atoms with van der Waals surface area (Å²) in [5.74, 6) is 1.46. The Hall–Kier alpha value is -3.61. The Morgan fingerprint density at radius 1 is 0.795 bits per heavy atom. The molecule has 0 N–H and O–H groups in total. The molecule has 0 radical (unpaired) electrons. The van der Waals surface area contributed by atoms with E-state index in [2.05, 4.69) is 49.1 Å². The van der Waals surface area contributed by atoms with Crippen LogP contribution in [0.25, 0.3) is 22.4 Å². The highest BCUT2D eigenvalue weighted by molar-refractivity contribution is 7.89. The van der Waals surface area contributed by atoms with Gasteiger partial charge in [0.05, 0.1) is 4.90 Å². The van der Waals surface area contributed by atoms with Gasteiger partial charge in [-0.3, -0.25) is 0 Å². The molecule has 5 nitrogen and oxygen atoms in total. The Morgan fingerprint density at radius 3 is 2.23 bits per heavy atom. The van der Waals surface area contributed by atoms with E-state index in [1.165, 1.54) is 4.31 Å². The van der Waals surface area contributed by atoms with Crippen molar-refractivity contribution in [3.8, 4) is 11.5 Å². The zero-order chi connectivity index (χ0) is 27.7. The zero-order valence-electron chi connectivity index (χ0n) is 23.4. The fourth-order valence-corrected chi connectivity index (χ4v) is 7.22. The van der Waals surface area contributed by atoms with Gasteiger partial charge in [0.2, 0.25) is 10.0 Å². The van der Waals surface area contributed by atoms with Crippen LogP contribution >= 0.6 is 0 Å². The Kier molecular flexibility index (Phi) is 7.52. The molecular formula is C33H36N2O3S. The molecule has 39 heavy (non-hydrogen) atoms. The molecule has 202 valence electrons. The van der Waals surface area contributed by atoms with Gasteiger partial charge in [0.1, 0.15) is 11.5 Å². The Bertz CT molecular complexity index is 1770. The standard InChI is InChI=1S/C33H36N2O3S/c1-6-23-15-18-27-29(21-23)38-30-22-25(34(7-2)8-3)17-19-28(30)32(27)33-26-14-12-11-13-24(26)16-20-31(33)39(36,37)35(9-4)10-5/h6,11-22H,7-10H2,1-5H3/b23-6-. The average Bonchev–Trinajstić information content (AvgIpc) is 2.96. The summed E-state index contributed by atoms with van der Waals surface area (Å²) >= 11 is 0. The highest BCUT2D eigenvalue weighted by atomic mass is 32.2. The van der Waals surface area contributed by atoms with Crippen LogP contribution < -0.4 is 20.1 Å². The lowest BCUT2D eigenvalue weighted by Crippen LogP contribution is -2.32. The maximum absolute atomic E-state index is 14.1. The van der Waals surface area contributed by atoms with Gasteiger partial charge in [-0.25, -0.2) is 8.42 Å². The summed E-state index contributed by atoms with van der Waals surface area (Å²) < 4.78 is 36.3. The molecule has 0 amide bonds. The number of hydrogen-bond donors (Lipinski definition) is 0. The van der Waals surface area contributed by atoms with E-state index in [-0.39, 0.29) is 0 Å². The van der Waals surface area contributed by atoms with E-state index in [4.69, 9.17) is 4.74 Å². The number of anilines is 1. The number of hydrogen-bond acceptors (Lipinski definition) is 4. The van der Waals surface area contributed by atoms with Gasteiger partial charge in [0, 0.05) is 59.9 Å². The van der Waals surface area contributed by atoms with Crippen molar-refractivity contribution >= 4 is 38.1 Å². The fourth-order valence-electron chi connectivity index (χ4n) is 5.56. The van der Waals surface area contributed by atoms with Crippen molar-refractivity contribution in [3.05, 3.63) is 94.4 Å². The predicted octanol–water partition coefficient (Wildman–Crippen LogP) is 5.87. The van der Waals surface area contributed by atoms with Crippen LogP contribution in [-0.4, -0.2) is 38.9 Å². The van der Waals surface area contributed by atoms with Crippen molar-refractivity contribution in [2.24, 2.45) is 0 Å². The lowest BCUT2D eigenvalue weighted by atomic mass is 9.89. The first-order chi connectivity index (χ1) is 18.9. The topological polar surface area (TPSA) is 49.9 Å². The molecule has 1 aliphatic rings. The van der Waals surface area contributed by atoms with E-state index in [0.29, 0.717) is 18.0 Å². The van der Waals surface area contributed by atoms with E-state index in [1.807, 2.05) is 63.2 Å². The summed E-state index contributed by atoms with van der Waals surface area (Å²) in [5, 5.41) is 3.83. The molecule has 1 aliphatic heterocycles. The molecule has 0 aromatic heterocycles. The van der Waals surface area contributed by atoms with Crippen molar-refractivity contribution in [1.29, 1.82) is 0 Å². The van der Waals surface area contributed by atoms with Gasteiger partial charge < -0.3 is 9.64 Å². The van der Waals surface area contributed by atoms with Gasteiger partial charge in [0.25, 0.3) is 0 Å². The monoisotopic (exact) mass is 540 g/mol. The second-order valence-electron chi connectivity index (χ2n) is 9.62. The van der Waals surface area contributed by atoms with E-state index >= 15 is 0 Å². The van der Waals surface area contributed by atoms with Gasteiger partial charge in [-0.1, -0.05) is 56.3 Å². The summed E-state index contributed by atoms with van der Waals surface area (Å²) in [6, 6.07) is 24.1. The summed E-state index contributed by atoms with van der Waals surface area (Å²) in [6.45, 7) is 12.6. The molecule has 6 heteroatoms. The minimum Gasteiger partial charge on any atom is -0.456 e. The lowest BCUT2D eigenvalue weighted by Gasteiger charge is -2.28. The molecule has 4 aromatic rings. The minimum absolute atomic E-state index is 0.317. The molecule has 0 saturated carbocycles. The van der Waals surface area contributed by atoms with Gasteiger partial charge in [-0.05, 0) is 67.1 Å². The lowest BCUT2D eigenvalue weighted by molar-refractivity contribution is 0.445.